The van der Waals surface area contributed by atoms with Gasteiger partial charge in [0.1, 0.15) is 0 Å². The topological polar surface area (TPSA) is 165 Å². The fourth-order valence-corrected chi connectivity index (χ4v) is 4.08. The number of carbonyl (C=O) groups is 6. The van der Waals surface area contributed by atoms with E-state index >= 15 is 0 Å². The Balaban J connectivity index is 1.01. The number of esters is 6. The van der Waals surface area contributed by atoms with Crippen LogP contribution in [0.4, 0.5) is 0 Å². The molecule has 0 atom stereocenters. The first kappa shape index (κ1) is 26.4. The summed E-state index contributed by atoms with van der Waals surface area (Å²) in [6.45, 7) is 0.242. The Labute approximate surface area is 226 Å². The van der Waals surface area contributed by atoms with Crippen LogP contribution in [0.2, 0.25) is 0 Å². The van der Waals surface area contributed by atoms with Crippen LogP contribution in [0.1, 0.15) is 86.4 Å². The van der Waals surface area contributed by atoms with Gasteiger partial charge in [0, 0.05) is 0 Å². The molecule has 0 saturated carbocycles. The molecule has 0 amide bonds. The second-order valence-corrected chi connectivity index (χ2v) is 8.87. The predicted molar refractivity (Wildman–Crippen MR) is 132 cm³/mol. The Morgan fingerprint density at radius 2 is 0.975 bits per heavy atom. The zero-order chi connectivity index (χ0) is 28.2. The summed E-state index contributed by atoms with van der Waals surface area (Å²) in [7, 11) is 0. The highest BCUT2D eigenvalue weighted by Crippen LogP contribution is 2.23. The normalized spacial score (nSPS) is 13.4. The molecule has 3 aromatic rings. The number of hydrogen-bond acceptors (Lipinski definition) is 12. The number of carbonyl (C=O) groups excluding carboxylic acids is 6. The fourth-order valence-electron chi connectivity index (χ4n) is 4.08. The zero-order valence-corrected chi connectivity index (χ0v) is 20.8. The van der Waals surface area contributed by atoms with Crippen LogP contribution < -0.4 is 0 Å². The first-order valence-corrected chi connectivity index (χ1v) is 12.3. The van der Waals surface area contributed by atoms with E-state index in [1.807, 2.05) is 12.1 Å². The fraction of sp³-hybridized carbons (Fsp3) is 0.214. The highest BCUT2D eigenvalue weighted by Gasteiger charge is 2.31. The maximum atomic E-state index is 12.3. The van der Waals surface area contributed by atoms with Crippen LogP contribution in [0.25, 0.3) is 0 Å². The molecule has 0 saturated heterocycles. The van der Waals surface area contributed by atoms with E-state index in [1.165, 1.54) is 36.4 Å². The molecule has 0 radical (unpaired) electrons. The standard InChI is InChI=1S/C28H20N2O10/c31-23(15-5-9-19-21(13-15)27(35)39-25(19)33)37-11-1-3-17-7-8-18(30-29-17)4-2-12-38-24(32)16-6-10-20-22(14-16)28(36)40-26(20)34/h5-10,13-14H,1-4,11-12H2. The van der Waals surface area contributed by atoms with Crippen molar-refractivity contribution in [3.05, 3.63) is 93.3 Å². The summed E-state index contributed by atoms with van der Waals surface area (Å²) in [5.74, 6) is -4.30. The minimum Gasteiger partial charge on any atom is -0.462 e. The molecule has 0 fully saturated rings. The van der Waals surface area contributed by atoms with E-state index in [0.717, 1.165) is 0 Å². The number of rotatable bonds is 10. The van der Waals surface area contributed by atoms with Gasteiger partial charge >= 0.3 is 35.8 Å². The molecule has 0 bridgehead atoms. The molecular weight excluding hydrogens is 524 g/mol. The number of hydrogen-bond donors (Lipinski definition) is 0. The summed E-state index contributed by atoms with van der Waals surface area (Å²) < 4.78 is 19.5. The predicted octanol–water partition coefficient (Wildman–Crippen LogP) is 2.68. The van der Waals surface area contributed by atoms with Gasteiger partial charge in [0.05, 0.1) is 58.0 Å². The van der Waals surface area contributed by atoms with Gasteiger partial charge in [0.15, 0.2) is 0 Å². The molecule has 40 heavy (non-hydrogen) atoms. The number of nitrogens with zero attached hydrogens (tertiary/aromatic N) is 2. The monoisotopic (exact) mass is 544 g/mol. The summed E-state index contributed by atoms with van der Waals surface area (Å²) in [4.78, 5) is 70.8. The van der Waals surface area contributed by atoms with Gasteiger partial charge in [-0.2, -0.15) is 10.2 Å². The highest BCUT2D eigenvalue weighted by atomic mass is 16.6. The van der Waals surface area contributed by atoms with Crippen LogP contribution in [0.3, 0.4) is 0 Å². The van der Waals surface area contributed by atoms with Gasteiger partial charge in [-0.25, -0.2) is 28.8 Å². The summed E-state index contributed by atoms with van der Waals surface area (Å²) in [6, 6.07) is 11.7. The molecule has 0 N–H and O–H groups in total. The van der Waals surface area contributed by atoms with Gasteiger partial charge in [0.2, 0.25) is 0 Å². The van der Waals surface area contributed by atoms with Gasteiger partial charge in [-0.3, -0.25) is 0 Å². The second kappa shape index (κ2) is 11.2. The Morgan fingerprint density at radius 1 is 0.575 bits per heavy atom. The zero-order valence-electron chi connectivity index (χ0n) is 20.8. The molecule has 2 aliphatic heterocycles. The van der Waals surface area contributed by atoms with Crippen molar-refractivity contribution >= 4 is 35.8 Å². The molecule has 3 heterocycles. The van der Waals surface area contributed by atoms with Crippen LogP contribution >= 0.6 is 0 Å². The van der Waals surface area contributed by atoms with Crippen molar-refractivity contribution in [3.63, 3.8) is 0 Å². The van der Waals surface area contributed by atoms with Crippen LogP contribution in [0.5, 0.6) is 0 Å². The summed E-state index contributed by atoms with van der Waals surface area (Å²) in [6.07, 6.45) is 2.03. The Kier molecular flexibility index (Phi) is 7.40. The molecule has 1 aromatic heterocycles. The van der Waals surface area contributed by atoms with Crippen LogP contribution in [-0.4, -0.2) is 59.2 Å². The van der Waals surface area contributed by atoms with E-state index in [-0.39, 0.29) is 46.6 Å². The Bertz CT molecular complexity index is 1450. The van der Waals surface area contributed by atoms with Crippen molar-refractivity contribution in [2.24, 2.45) is 0 Å². The van der Waals surface area contributed by atoms with E-state index in [4.69, 9.17) is 9.47 Å². The second-order valence-electron chi connectivity index (χ2n) is 8.87. The molecule has 0 spiro atoms. The van der Waals surface area contributed by atoms with Crippen molar-refractivity contribution in [1.82, 2.24) is 10.2 Å². The number of benzene rings is 2. The van der Waals surface area contributed by atoms with Gasteiger partial charge in [0.25, 0.3) is 0 Å². The van der Waals surface area contributed by atoms with E-state index in [0.29, 0.717) is 37.1 Å². The minimum absolute atomic E-state index is 0.0407. The minimum atomic E-state index is -0.790. The molecule has 2 aliphatic rings. The number of aryl methyl sites for hydroxylation is 2. The van der Waals surface area contributed by atoms with E-state index in [2.05, 4.69) is 19.7 Å². The first-order valence-electron chi connectivity index (χ1n) is 12.3. The third-order valence-corrected chi connectivity index (χ3v) is 6.16. The number of aromatic nitrogens is 2. The van der Waals surface area contributed by atoms with Crippen molar-refractivity contribution in [1.29, 1.82) is 0 Å². The molecule has 2 aromatic carbocycles. The average Bonchev–Trinajstić information content (AvgIpc) is 3.41. The lowest BCUT2D eigenvalue weighted by Crippen LogP contribution is -2.09. The molecule has 5 rings (SSSR count). The number of fused-ring (bicyclic) bond motifs is 2. The molecule has 0 aliphatic carbocycles. The van der Waals surface area contributed by atoms with Crippen LogP contribution in [0.15, 0.2) is 48.5 Å². The summed E-state index contributed by atoms with van der Waals surface area (Å²) >= 11 is 0. The summed E-state index contributed by atoms with van der Waals surface area (Å²) in [5.41, 5.74) is 2.03. The Hall–Kier alpha value is -5.26. The van der Waals surface area contributed by atoms with Gasteiger partial charge in [-0.05, 0) is 74.2 Å². The van der Waals surface area contributed by atoms with Crippen molar-refractivity contribution in [2.45, 2.75) is 25.7 Å². The SMILES string of the molecule is O=C(OCCCc1ccc(CCCOC(=O)c2ccc3c(c2)C(=O)OC3=O)nn1)c1ccc2c(c1)C(=O)OC2=O. The molecule has 12 heteroatoms. The lowest BCUT2D eigenvalue weighted by atomic mass is 10.1. The van der Waals surface area contributed by atoms with Gasteiger partial charge in [-0.1, -0.05) is 0 Å². The summed E-state index contributed by atoms with van der Waals surface area (Å²) in [5, 5.41) is 8.33. The third-order valence-electron chi connectivity index (χ3n) is 6.16. The van der Waals surface area contributed by atoms with Crippen LogP contribution in [-0.2, 0) is 31.8 Å². The van der Waals surface area contributed by atoms with E-state index in [9.17, 15) is 28.8 Å². The lowest BCUT2D eigenvalue weighted by molar-refractivity contribution is 0.0425. The average molecular weight is 544 g/mol. The van der Waals surface area contributed by atoms with Crippen molar-refractivity contribution in [2.75, 3.05) is 13.2 Å². The first-order chi connectivity index (χ1) is 19.3. The highest BCUT2D eigenvalue weighted by molar-refractivity contribution is 6.16. The van der Waals surface area contributed by atoms with E-state index in [1.54, 1.807) is 0 Å². The van der Waals surface area contributed by atoms with Crippen LogP contribution in [0, 0.1) is 0 Å². The number of ether oxygens (including phenoxy) is 4. The smallest absolute Gasteiger partial charge is 0.346 e. The quantitative estimate of drug-likeness (QED) is 0.159. The third kappa shape index (κ3) is 5.60. The maximum absolute atomic E-state index is 12.3. The largest absolute Gasteiger partial charge is 0.462 e. The van der Waals surface area contributed by atoms with Crippen molar-refractivity contribution in [3.8, 4) is 0 Å². The number of cyclic esters (lactones) is 4. The van der Waals surface area contributed by atoms with Gasteiger partial charge in [-0.15, -0.1) is 0 Å². The molecule has 0 unspecified atom stereocenters. The molecular formula is C28H20N2O10. The maximum Gasteiger partial charge on any atom is 0.346 e. The van der Waals surface area contributed by atoms with E-state index < -0.39 is 35.8 Å². The Morgan fingerprint density at radius 3 is 1.38 bits per heavy atom. The van der Waals surface area contributed by atoms with Crippen molar-refractivity contribution < 1.29 is 47.7 Å². The van der Waals surface area contributed by atoms with Gasteiger partial charge < -0.3 is 18.9 Å². The molecule has 202 valence electrons. The lowest BCUT2D eigenvalue weighted by Gasteiger charge is -2.06. The molecule has 12 nitrogen and oxygen atoms in total.